The van der Waals surface area contributed by atoms with Gasteiger partial charge in [-0.3, -0.25) is 9.59 Å². The van der Waals surface area contributed by atoms with E-state index in [2.05, 4.69) is 0 Å². The molecule has 1 aliphatic rings. The van der Waals surface area contributed by atoms with Crippen molar-refractivity contribution in [1.82, 2.24) is 4.90 Å². The smallest absolute Gasteiger partial charge is 0.253 e. The number of ketones is 1. The fourth-order valence-electron chi connectivity index (χ4n) is 3.05. The van der Waals surface area contributed by atoms with E-state index in [1.54, 1.807) is 17.0 Å². The quantitative estimate of drug-likeness (QED) is 0.788. The summed E-state index contributed by atoms with van der Waals surface area (Å²) in [6, 6.07) is 12.8. The van der Waals surface area contributed by atoms with Gasteiger partial charge >= 0.3 is 0 Å². The van der Waals surface area contributed by atoms with Gasteiger partial charge in [0.05, 0.1) is 6.61 Å². The van der Waals surface area contributed by atoms with E-state index in [1.807, 2.05) is 37.3 Å². The van der Waals surface area contributed by atoms with Gasteiger partial charge in [-0.25, -0.2) is 0 Å². The van der Waals surface area contributed by atoms with Crippen LogP contribution in [-0.2, 0) is 0 Å². The number of carbonyl (C=O) groups is 2. The predicted molar refractivity (Wildman–Crippen MR) is 88.6 cm³/mol. The van der Waals surface area contributed by atoms with Crippen LogP contribution in [0.25, 0.3) is 11.1 Å². The Morgan fingerprint density at radius 2 is 1.70 bits per heavy atom. The highest BCUT2D eigenvalue weighted by Gasteiger charge is 2.27. The Hall–Kier alpha value is -2.46. The van der Waals surface area contributed by atoms with Gasteiger partial charge < -0.3 is 10.0 Å². The molecule has 1 aliphatic carbocycles. The van der Waals surface area contributed by atoms with E-state index < -0.39 is 0 Å². The van der Waals surface area contributed by atoms with Crippen LogP contribution in [0.5, 0.6) is 0 Å². The summed E-state index contributed by atoms with van der Waals surface area (Å²) >= 11 is 0. The van der Waals surface area contributed by atoms with E-state index in [4.69, 9.17) is 5.11 Å². The van der Waals surface area contributed by atoms with Crippen LogP contribution >= 0.6 is 0 Å². The average molecular weight is 309 g/mol. The Bertz CT molecular complexity index is 761. The molecule has 0 bridgehead atoms. The molecule has 0 aliphatic heterocycles. The van der Waals surface area contributed by atoms with E-state index in [0.29, 0.717) is 29.8 Å². The summed E-state index contributed by atoms with van der Waals surface area (Å²) in [4.78, 5) is 26.7. The van der Waals surface area contributed by atoms with Gasteiger partial charge in [0.25, 0.3) is 5.91 Å². The van der Waals surface area contributed by atoms with Gasteiger partial charge in [0, 0.05) is 29.8 Å². The highest BCUT2D eigenvalue weighted by Crippen LogP contribution is 2.36. The first-order valence-corrected chi connectivity index (χ1v) is 7.85. The Balaban J connectivity index is 1.96. The van der Waals surface area contributed by atoms with Gasteiger partial charge in [0.15, 0.2) is 5.78 Å². The van der Waals surface area contributed by atoms with E-state index in [-0.39, 0.29) is 18.3 Å². The fraction of sp³-hybridized carbons (Fsp3) is 0.263. The maximum atomic E-state index is 12.6. The van der Waals surface area contributed by atoms with Gasteiger partial charge in [-0.1, -0.05) is 37.3 Å². The number of benzene rings is 2. The number of nitrogens with zero attached hydrogens (tertiary/aromatic N) is 1. The number of carbonyl (C=O) groups excluding carboxylic acids is 2. The molecule has 2 aromatic carbocycles. The lowest BCUT2D eigenvalue weighted by Crippen LogP contribution is -2.34. The topological polar surface area (TPSA) is 57.6 Å². The molecule has 0 heterocycles. The fourth-order valence-corrected chi connectivity index (χ4v) is 3.05. The molecule has 0 saturated heterocycles. The first-order valence-electron chi connectivity index (χ1n) is 7.85. The number of hydrogen-bond acceptors (Lipinski definition) is 3. The number of rotatable bonds is 5. The second-order valence-corrected chi connectivity index (χ2v) is 5.65. The summed E-state index contributed by atoms with van der Waals surface area (Å²) in [6.45, 7) is 2.81. The highest BCUT2D eigenvalue weighted by atomic mass is 16.3. The van der Waals surface area contributed by atoms with Crippen molar-refractivity contribution in [1.29, 1.82) is 0 Å². The predicted octanol–water partition coefficient (Wildman–Crippen LogP) is 2.74. The number of aliphatic hydroxyl groups is 1. The molecule has 2 aromatic rings. The molecular weight excluding hydrogens is 290 g/mol. The first-order chi connectivity index (χ1) is 11.2. The maximum absolute atomic E-state index is 12.6. The van der Waals surface area contributed by atoms with Crippen LogP contribution in [0.2, 0.25) is 0 Å². The van der Waals surface area contributed by atoms with Crippen LogP contribution in [0.3, 0.4) is 0 Å². The van der Waals surface area contributed by atoms with Crippen molar-refractivity contribution in [2.75, 3.05) is 19.7 Å². The lowest BCUT2D eigenvalue weighted by molar-refractivity contribution is 0.0722. The van der Waals surface area contributed by atoms with Crippen molar-refractivity contribution < 1.29 is 14.7 Å². The molecule has 0 unspecified atom stereocenters. The Labute approximate surface area is 135 Å². The van der Waals surface area contributed by atoms with E-state index in [9.17, 15) is 9.59 Å². The molecule has 4 heteroatoms. The lowest BCUT2D eigenvalue weighted by Gasteiger charge is -2.21. The lowest BCUT2D eigenvalue weighted by atomic mass is 10.0. The van der Waals surface area contributed by atoms with Crippen molar-refractivity contribution in [3.05, 3.63) is 59.2 Å². The second-order valence-electron chi connectivity index (χ2n) is 5.65. The zero-order valence-electron chi connectivity index (χ0n) is 13.1. The molecule has 3 rings (SSSR count). The van der Waals surface area contributed by atoms with Crippen LogP contribution < -0.4 is 0 Å². The largest absolute Gasteiger partial charge is 0.395 e. The number of hydrogen-bond donors (Lipinski definition) is 1. The van der Waals surface area contributed by atoms with Crippen molar-refractivity contribution >= 4 is 11.7 Å². The van der Waals surface area contributed by atoms with Crippen LogP contribution in [0.4, 0.5) is 0 Å². The average Bonchev–Trinajstić information content (AvgIpc) is 2.87. The number of fused-ring (bicyclic) bond motifs is 3. The normalized spacial score (nSPS) is 12.0. The Morgan fingerprint density at radius 1 is 1.00 bits per heavy atom. The van der Waals surface area contributed by atoms with Gasteiger partial charge in [-0.2, -0.15) is 0 Å². The molecule has 0 atom stereocenters. The van der Waals surface area contributed by atoms with Gasteiger partial charge in [-0.05, 0) is 29.7 Å². The summed E-state index contributed by atoms with van der Waals surface area (Å²) in [5.41, 5.74) is 3.57. The third-order valence-corrected chi connectivity index (χ3v) is 4.12. The molecule has 0 saturated carbocycles. The zero-order chi connectivity index (χ0) is 16.4. The van der Waals surface area contributed by atoms with Crippen molar-refractivity contribution in [2.24, 2.45) is 0 Å². The second kappa shape index (κ2) is 6.34. The van der Waals surface area contributed by atoms with Crippen LogP contribution in [0, 0.1) is 0 Å². The summed E-state index contributed by atoms with van der Waals surface area (Å²) in [5.74, 6) is -0.179. The Morgan fingerprint density at radius 3 is 2.39 bits per heavy atom. The number of aliphatic hydroxyl groups excluding tert-OH is 1. The molecule has 0 fully saturated rings. The SMILES string of the molecule is CCCN(CCO)C(=O)c1ccc2c(c1)C(=O)c1ccccc1-2. The summed E-state index contributed by atoms with van der Waals surface area (Å²) < 4.78 is 0. The molecular formula is C19H19NO3. The van der Waals surface area contributed by atoms with Crippen LogP contribution in [0.1, 0.15) is 39.6 Å². The third kappa shape index (κ3) is 2.66. The monoisotopic (exact) mass is 309 g/mol. The molecule has 4 nitrogen and oxygen atoms in total. The molecule has 1 N–H and O–H groups in total. The standard InChI is InChI=1S/C19H19NO3/c1-2-9-20(10-11-21)19(23)13-7-8-15-14-5-3-4-6-16(14)18(22)17(15)12-13/h3-8,12,21H,2,9-11H2,1H3. The minimum atomic E-state index is -0.146. The Kier molecular flexibility index (Phi) is 4.26. The highest BCUT2D eigenvalue weighted by molar-refractivity contribution is 6.22. The van der Waals surface area contributed by atoms with Gasteiger partial charge in [0.1, 0.15) is 0 Å². The maximum Gasteiger partial charge on any atom is 0.253 e. The summed E-state index contributed by atoms with van der Waals surface area (Å²) in [5, 5.41) is 9.13. The summed E-state index contributed by atoms with van der Waals surface area (Å²) in [7, 11) is 0. The molecule has 0 radical (unpaired) electrons. The van der Waals surface area contributed by atoms with E-state index >= 15 is 0 Å². The zero-order valence-corrected chi connectivity index (χ0v) is 13.1. The van der Waals surface area contributed by atoms with E-state index in [0.717, 1.165) is 17.5 Å². The minimum absolute atomic E-state index is 0.0329. The third-order valence-electron chi connectivity index (χ3n) is 4.12. The van der Waals surface area contributed by atoms with Crippen LogP contribution in [-0.4, -0.2) is 41.4 Å². The minimum Gasteiger partial charge on any atom is -0.395 e. The molecule has 0 aromatic heterocycles. The molecule has 118 valence electrons. The van der Waals surface area contributed by atoms with E-state index in [1.165, 1.54) is 0 Å². The van der Waals surface area contributed by atoms with Crippen molar-refractivity contribution in [2.45, 2.75) is 13.3 Å². The summed E-state index contributed by atoms with van der Waals surface area (Å²) in [6.07, 6.45) is 0.820. The van der Waals surface area contributed by atoms with Crippen molar-refractivity contribution in [3.63, 3.8) is 0 Å². The molecule has 1 amide bonds. The number of amides is 1. The van der Waals surface area contributed by atoms with Crippen molar-refractivity contribution in [3.8, 4) is 11.1 Å². The van der Waals surface area contributed by atoms with Crippen LogP contribution in [0.15, 0.2) is 42.5 Å². The molecule has 0 spiro atoms. The first kappa shape index (κ1) is 15.4. The molecule has 23 heavy (non-hydrogen) atoms. The van der Waals surface area contributed by atoms with Gasteiger partial charge in [-0.15, -0.1) is 0 Å². The van der Waals surface area contributed by atoms with Gasteiger partial charge in [0.2, 0.25) is 0 Å².